The maximum Gasteiger partial charge on any atom is 0.00914 e. The van der Waals surface area contributed by atoms with Crippen molar-refractivity contribution in [2.75, 3.05) is 26.2 Å². The van der Waals surface area contributed by atoms with E-state index in [0.29, 0.717) is 0 Å². The number of hydrogen-bond donors (Lipinski definition) is 1. The van der Waals surface area contributed by atoms with E-state index in [1.54, 1.807) is 0 Å². The molecule has 0 spiro atoms. The van der Waals surface area contributed by atoms with Crippen LogP contribution in [0.15, 0.2) is 0 Å². The van der Waals surface area contributed by atoms with Crippen molar-refractivity contribution in [1.82, 2.24) is 10.2 Å². The van der Waals surface area contributed by atoms with E-state index in [0.717, 1.165) is 12.0 Å². The molecular formula is C16H34N2. The molecule has 1 unspecified atom stereocenters. The van der Waals surface area contributed by atoms with Crippen molar-refractivity contribution in [3.8, 4) is 0 Å². The van der Waals surface area contributed by atoms with Gasteiger partial charge in [0.05, 0.1) is 0 Å². The van der Waals surface area contributed by atoms with Crippen LogP contribution in [-0.2, 0) is 0 Å². The van der Waals surface area contributed by atoms with E-state index >= 15 is 0 Å². The molecule has 1 atom stereocenters. The molecule has 2 nitrogen and oxygen atoms in total. The molecule has 0 aromatic rings. The summed E-state index contributed by atoms with van der Waals surface area (Å²) in [5.74, 6) is 0.935. The minimum Gasteiger partial charge on any atom is -0.314 e. The first-order chi connectivity index (χ1) is 8.80. The number of nitrogens with zero attached hydrogens (tertiary/aromatic N) is 1. The van der Waals surface area contributed by atoms with Gasteiger partial charge >= 0.3 is 0 Å². The normalized spacial score (nSPS) is 20.2. The lowest BCUT2D eigenvalue weighted by atomic mass is 9.97. The first-order valence-corrected chi connectivity index (χ1v) is 8.25. The van der Waals surface area contributed by atoms with E-state index in [1.165, 1.54) is 71.1 Å². The maximum absolute atomic E-state index is 3.67. The fraction of sp³-hybridized carbons (Fsp3) is 1.00. The first kappa shape index (κ1) is 16.0. The summed E-state index contributed by atoms with van der Waals surface area (Å²) in [6.45, 7) is 12.1. The predicted molar refractivity (Wildman–Crippen MR) is 81.1 cm³/mol. The van der Waals surface area contributed by atoms with E-state index in [9.17, 15) is 0 Å². The van der Waals surface area contributed by atoms with Gasteiger partial charge in [-0.05, 0) is 51.2 Å². The third kappa shape index (κ3) is 6.19. The number of piperidine rings is 1. The molecule has 0 aromatic heterocycles. The van der Waals surface area contributed by atoms with Gasteiger partial charge in [-0.2, -0.15) is 0 Å². The first-order valence-electron chi connectivity index (χ1n) is 8.25. The molecule has 1 saturated heterocycles. The molecule has 1 fully saturated rings. The molecule has 1 rings (SSSR count). The van der Waals surface area contributed by atoms with Crippen LogP contribution in [0.1, 0.15) is 65.7 Å². The summed E-state index contributed by atoms with van der Waals surface area (Å²) in [6, 6.07) is 0.789. The van der Waals surface area contributed by atoms with Crippen molar-refractivity contribution < 1.29 is 0 Å². The van der Waals surface area contributed by atoms with E-state index in [1.807, 2.05) is 0 Å². The van der Waals surface area contributed by atoms with Crippen LogP contribution in [0.4, 0.5) is 0 Å². The topological polar surface area (TPSA) is 15.3 Å². The number of nitrogens with one attached hydrogen (secondary N) is 1. The van der Waals surface area contributed by atoms with Crippen molar-refractivity contribution >= 4 is 0 Å². The van der Waals surface area contributed by atoms with Gasteiger partial charge in [0.25, 0.3) is 0 Å². The second-order valence-electron chi connectivity index (χ2n) is 5.95. The molecule has 108 valence electrons. The number of rotatable bonds is 9. The third-order valence-electron chi connectivity index (χ3n) is 4.33. The molecule has 0 aliphatic carbocycles. The molecule has 1 aliphatic heterocycles. The van der Waals surface area contributed by atoms with Crippen molar-refractivity contribution in [2.45, 2.75) is 71.8 Å². The molecule has 0 aromatic carbocycles. The predicted octanol–water partition coefficient (Wildman–Crippen LogP) is 3.67. The summed E-state index contributed by atoms with van der Waals surface area (Å²) >= 11 is 0. The molecule has 1 N–H and O–H groups in total. The Morgan fingerprint density at radius 2 is 1.83 bits per heavy atom. The quantitative estimate of drug-likeness (QED) is 0.675. The summed E-state index contributed by atoms with van der Waals surface area (Å²) < 4.78 is 0. The van der Waals surface area contributed by atoms with Crippen molar-refractivity contribution in [3.05, 3.63) is 0 Å². The lowest BCUT2D eigenvalue weighted by Gasteiger charge is -2.34. The van der Waals surface area contributed by atoms with Gasteiger partial charge in [0.15, 0.2) is 0 Å². The molecule has 0 amide bonds. The summed E-state index contributed by atoms with van der Waals surface area (Å²) in [6.07, 6.45) is 9.51. The second kappa shape index (κ2) is 9.80. The van der Waals surface area contributed by atoms with Crippen LogP contribution < -0.4 is 5.32 Å². The highest BCUT2D eigenvalue weighted by Gasteiger charge is 2.20. The van der Waals surface area contributed by atoms with Crippen LogP contribution in [0.5, 0.6) is 0 Å². The molecule has 1 heterocycles. The molecule has 1 aliphatic rings. The minimum absolute atomic E-state index is 0.789. The van der Waals surface area contributed by atoms with E-state index in [-0.39, 0.29) is 0 Å². The average molecular weight is 254 g/mol. The molecular weight excluding hydrogens is 220 g/mol. The fourth-order valence-corrected chi connectivity index (χ4v) is 2.95. The lowest BCUT2D eigenvalue weighted by Crippen LogP contribution is -2.44. The summed E-state index contributed by atoms with van der Waals surface area (Å²) in [7, 11) is 0. The van der Waals surface area contributed by atoms with Crippen molar-refractivity contribution in [1.29, 1.82) is 0 Å². The van der Waals surface area contributed by atoms with Gasteiger partial charge in [-0.1, -0.05) is 40.0 Å². The Hall–Kier alpha value is -0.0800. The van der Waals surface area contributed by atoms with Gasteiger partial charge in [-0.3, -0.25) is 0 Å². The van der Waals surface area contributed by atoms with Gasteiger partial charge in [-0.15, -0.1) is 0 Å². The number of hydrogen-bond acceptors (Lipinski definition) is 2. The van der Waals surface area contributed by atoms with Crippen LogP contribution >= 0.6 is 0 Å². The number of unbranched alkanes of at least 4 members (excludes halogenated alkanes) is 1. The molecule has 0 radical (unpaired) electrons. The Balaban J connectivity index is 2.17. The largest absolute Gasteiger partial charge is 0.314 e. The SMILES string of the molecule is CCCCC(CC)CN1CCC(NCCC)CC1. The Morgan fingerprint density at radius 3 is 2.39 bits per heavy atom. The Labute approximate surface area is 115 Å². The summed E-state index contributed by atoms with van der Waals surface area (Å²) in [5.41, 5.74) is 0. The molecule has 18 heavy (non-hydrogen) atoms. The van der Waals surface area contributed by atoms with E-state index in [4.69, 9.17) is 0 Å². The standard InChI is InChI=1S/C16H34N2/c1-4-7-8-15(6-3)14-18-12-9-16(10-13-18)17-11-5-2/h15-17H,4-14H2,1-3H3. The van der Waals surface area contributed by atoms with E-state index in [2.05, 4.69) is 31.0 Å². The zero-order chi connectivity index (χ0) is 13.2. The molecule has 0 bridgehead atoms. The van der Waals surface area contributed by atoms with Gasteiger partial charge in [0.2, 0.25) is 0 Å². The highest BCUT2D eigenvalue weighted by Crippen LogP contribution is 2.17. The summed E-state index contributed by atoms with van der Waals surface area (Å²) in [4.78, 5) is 2.70. The van der Waals surface area contributed by atoms with Gasteiger partial charge in [-0.25, -0.2) is 0 Å². The van der Waals surface area contributed by atoms with Crippen molar-refractivity contribution in [3.63, 3.8) is 0 Å². The van der Waals surface area contributed by atoms with Crippen LogP contribution in [0.25, 0.3) is 0 Å². The minimum atomic E-state index is 0.789. The van der Waals surface area contributed by atoms with Crippen molar-refractivity contribution in [2.24, 2.45) is 5.92 Å². The molecule has 0 saturated carbocycles. The Bertz CT molecular complexity index is 186. The van der Waals surface area contributed by atoms with Gasteiger partial charge in [0, 0.05) is 12.6 Å². The zero-order valence-corrected chi connectivity index (χ0v) is 12.9. The van der Waals surface area contributed by atoms with Crippen LogP contribution in [0, 0.1) is 5.92 Å². The van der Waals surface area contributed by atoms with Crippen LogP contribution in [0.3, 0.4) is 0 Å². The van der Waals surface area contributed by atoms with E-state index < -0.39 is 0 Å². The Morgan fingerprint density at radius 1 is 1.11 bits per heavy atom. The monoisotopic (exact) mass is 254 g/mol. The van der Waals surface area contributed by atoms with Crippen LogP contribution in [0.2, 0.25) is 0 Å². The second-order valence-corrected chi connectivity index (χ2v) is 5.95. The zero-order valence-electron chi connectivity index (χ0n) is 12.9. The van der Waals surface area contributed by atoms with Crippen LogP contribution in [-0.4, -0.2) is 37.1 Å². The highest BCUT2D eigenvalue weighted by atomic mass is 15.1. The van der Waals surface area contributed by atoms with Gasteiger partial charge in [0.1, 0.15) is 0 Å². The fourth-order valence-electron chi connectivity index (χ4n) is 2.95. The third-order valence-corrected chi connectivity index (χ3v) is 4.33. The molecule has 2 heteroatoms. The highest BCUT2D eigenvalue weighted by molar-refractivity contribution is 4.78. The summed E-state index contributed by atoms with van der Waals surface area (Å²) in [5, 5.41) is 3.67. The maximum atomic E-state index is 3.67. The number of likely N-dealkylation sites (tertiary alicyclic amines) is 1. The lowest BCUT2D eigenvalue weighted by molar-refractivity contribution is 0.165. The average Bonchev–Trinajstić information content (AvgIpc) is 2.42. The smallest absolute Gasteiger partial charge is 0.00914 e. The van der Waals surface area contributed by atoms with Gasteiger partial charge < -0.3 is 10.2 Å². The Kier molecular flexibility index (Phi) is 8.70.